The van der Waals surface area contributed by atoms with Crippen LogP contribution in [0.5, 0.6) is 0 Å². The van der Waals surface area contributed by atoms with Crippen molar-refractivity contribution in [2.75, 3.05) is 0 Å². The van der Waals surface area contributed by atoms with Crippen molar-refractivity contribution in [3.05, 3.63) is 20.9 Å². The van der Waals surface area contributed by atoms with Gasteiger partial charge in [-0.1, -0.05) is 13.8 Å². The third-order valence-corrected chi connectivity index (χ3v) is 2.65. The molecule has 15 heavy (non-hydrogen) atoms. The van der Waals surface area contributed by atoms with Gasteiger partial charge >= 0.3 is 0 Å². The normalized spacial score (nSPS) is 25.7. The molecule has 0 aromatic carbocycles. The van der Waals surface area contributed by atoms with Crippen LogP contribution in [-0.4, -0.2) is 11.8 Å². The topological polar surface area (TPSA) is 132 Å². The van der Waals surface area contributed by atoms with Crippen LogP contribution in [0.15, 0.2) is 10.2 Å². The van der Waals surface area contributed by atoms with E-state index in [-0.39, 0.29) is 0 Å². The lowest BCUT2D eigenvalue weighted by atomic mass is 10.1. The zero-order valence-corrected chi connectivity index (χ0v) is 8.15. The molecule has 78 valence electrons. The summed E-state index contributed by atoms with van der Waals surface area (Å²) < 4.78 is 0. The van der Waals surface area contributed by atoms with Gasteiger partial charge in [0.25, 0.3) is 0 Å². The highest BCUT2D eigenvalue weighted by molar-refractivity contribution is 5.95. The summed E-state index contributed by atoms with van der Waals surface area (Å²) in [6.45, 7) is 3.36. The van der Waals surface area contributed by atoms with Gasteiger partial charge in [-0.05, 0) is 26.7 Å². The van der Waals surface area contributed by atoms with Gasteiger partial charge < -0.3 is 0 Å². The molecule has 1 aliphatic rings. The number of rotatable bonds is 2. The molecule has 2 amide bonds. The highest BCUT2D eigenvalue weighted by Crippen LogP contribution is 2.59. The molecule has 1 fully saturated rings. The smallest absolute Gasteiger partial charge is 0.223 e. The lowest BCUT2D eigenvalue weighted by molar-refractivity contribution is -0.123. The van der Waals surface area contributed by atoms with Crippen molar-refractivity contribution in [3.63, 3.8) is 0 Å². The molecule has 0 saturated heterocycles. The van der Waals surface area contributed by atoms with Crippen molar-refractivity contribution in [2.24, 2.45) is 27.5 Å². The molecule has 0 unspecified atom stereocenters. The molecular weight excluding hydrogens is 200 g/mol. The summed E-state index contributed by atoms with van der Waals surface area (Å²) in [6.07, 6.45) is 0. The zero-order chi connectivity index (χ0) is 11.6. The Bertz CT molecular complexity index is 377. The van der Waals surface area contributed by atoms with Crippen LogP contribution in [0.2, 0.25) is 0 Å². The van der Waals surface area contributed by atoms with Gasteiger partial charge in [-0.3, -0.25) is 9.59 Å². The molecular formula is C7H8N6O2. The van der Waals surface area contributed by atoms with E-state index in [1.54, 1.807) is 13.8 Å². The fourth-order valence-electron chi connectivity index (χ4n) is 1.77. The van der Waals surface area contributed by atoms with Crippen molar-refractivity contribution >= 4 is 11.8 Å². The number of amides is 2. The van der Waals surface area contributed by atoms with Crippen LogP contribution in [-0.2, 0) is 9.59 Å². The maximum Gasteiger partial charge on any atom is 0.223 e. The van der Waals surface area contributed by atoms with E-state index < -0.39 is 29.1 Å². The summed E-state index contributed by atoms with van der Waals surface area (Å²) in [5.74, 6) is -2.72. The minimum absolute atomic E-state index is 0.601. The fourth-order valence-corrected chi connectivity index (χ4v) is 1.77. The van der Waals surface area contributed by atoms with Crippen LogP contribution < -0.4 is 0 Å². The average Bonchev–Trinajstić information content (AvgIpc) is 2.70. The van der Waals surface area contributed by atoms with Crippen LogP contribution in [0.4, 0.5) is 0 Å². The molecule has 8 heteroatoms. The summed E-state index contributed by atoms with van der Waals surface area (Å²) in [4.78, 5) is 27.2. The van der Waals surface area contributed by atoms with E-state index in [1.165, 1.54) is 0 Å². The Hall–Kier alpha value is -2.04. The van der Waals surface area contributed by atoms with Crippen molar-refractivity contribution in [1.29, 1.82) is 0 Å². The van der Waals surface area contributed by atoms with Gasteiger partial charge in [0.05, 0.1) is 0 Å². The largest absolute Gasteiger partial charge is 0.292 e. The Morgan fingerprint density at radius 2 is 1.40 bits per heavy atom. The van der Waals surface area contributed by atoms with Crippen molar-refractivity contribution in [3.8, 4) is 0 Å². The highest BCUT2D eigenvalue weighted by atomic mass is 16.2. The minimum Gasteiger partial charge on any atom is -0.292 e. The summed E-state index contributed by atoms with van der Waals surface area (Å²) >= 11 is 0. The Balaban J connectivity index is 2.88. The number of hydrogen-bond donors (Lipinski definition) is 0. The Morgan fingerprint density at radius 1 is 1.07 bits per heavy atom. The van der Waals surface area contributed by atoms with Gasteiger partial charge in [0.15, 0.2) is 0 Å². The maximum absolute atomic E-state index is 11.2. The first-order chi connectivity index (χ1) is 6.96. The molecule has 0 aliphatic heterocycles. The van der Waals surface area contributed by atoms with Gasteiger partial charge in [0.2, 0.25) is 11.8 Å². The molecule has 1 rings (SSSR count). The number of hydrogen-bond acceptors (Lipinski definition) is 2. The zero-order valence-electron chi connectivity index (χ0n) is 8.15. The SMILES string of the molecule is CC1(C)[C@H](C(=O)N=[N+]=[N-])[C@H]1C(=O)N=[N+]=[N-]. The molecule has 0 bridgehead atoms. The van der Waals surface area contributed by atoms with E-state index in [0.29, 0.717) is 0 Å². The van der Waals surface area contributed by atoms with Gasteiger partial charge in [0, 0.05) is 21.7 Å². The second kappa shape index (κ2) is 3.61. The predicted octanol–water partition coefficient (Wildman–Crippen LogP) is 1.93. The molecule has 0 heterocycles. The monoisotopic (exact) mass is 208 g/mol. The first kappa shape index (κ1) is 11.0. The van der Waals surface area contributed by atoms with Crippen LogP contribution in [0, 0.1) is 17.3 Å². The van der Waals surface area contributed by atoms with Gasteiger partial charge in [-0.2, -0.15) is 0 Å². The Morgan fingerprint density at radius 3 is 1.67 bits per heavy atom. The molecule has 2 atom stereocenters. The van der Waals surface area contributed by atoms with Gasteiger partial charge in [0.1, 0.15) is 0 Å². The Kier molecular flexibility index (Phi) is 2.65. The van der Waals surface area contributed by atoms with E-state index in [4.69, 9.17) is 11.1 Å². The quantitative estimate of drug-likeness (QED) is 0.389. The molecule has 0 aromatic heterocycles. The fraction of sp³-hybridized carbons (Fsp3) is 0.714. The van der Waals surface area contributed by atoms with E-state index in [0.717, 1.165) is 0 Å². The van der Waals surface area contributed by atoms with Crippen molar-refractivity contribution < 1.29 is 9.59 Å². The first-order valence-corrected chi connectivity index (χ1v) is 4.14. The van der Waals surface area contributed by atoms with E-state index in [2.05, 4.69) is 20.1 Å². The van der Waals surface area contributed by atoms with Crippen LogP contribution >= 0.6 is 0 Å². The van der Waals surface area contributed by atoms with Gasteiger partial charge in [-0.15, -0.1) is 0 Å². The lowest BCUT2D eigenvalue weighted by Crippen LogP contribution is -2.03. The Labute approximate surface area is 84.5 Å². The molecule has 0 radical (unpaired) electrons. The third-order valence-electron chi connectivity index (χ3n) is 2.65. The van der Waals surface area contributed by atoms with Crippen molar-refractivity contribution in [2.45, 2.75) is 13.8 Å². The molecule has 1 aliphatic carbocycles. The number of nitrogens with zero attached hydrogens (tertiary/aromatic N) is 6. The number of carbonyl (C=O) groups excluding carboxylic acids is 2. The second-order valence-electron chi connectivity index (χ2n) is 3.83. The van der Waals surface area contributed by atoms with Crippen LogP contribution in [0.25, 0.3) is 20.9 Å². The van der Waals surface area contributed by atoms with E-state index in [9.17, 15) is 9.59 Å². The third kappa shape index (κ3) is 1.76. The minimum atomic E-state index is -0.686. The van der Waals surface area contributed by atoms with Crippen LogP contribution in [0.3, 0.4) is 0 Å². The summed E-state index contributed by atoms with van der Waals surface area (Å²) in [7, 11) is 0. The highest BCUT2D eigenvalue weighted by Gasteiger charge is 2.64. The molecule has 0 spiro atoms. The van der Waals surface area contributed by atoms with Crippen molar-refractivity contribution in [1.82, 2.24) is 0 Å². The molecule has 0 N–H and O–H groups in total. The lowest BCUT2D eigenvalue weighted by Gasteiger charge is -1.96. The van der Waals surface area contributed by atoms with E-state index >= 15 is 0 Å². The summed E-state index contributed by atoms with van der Waals surface area (Å²) in [6, 6.07) is 0. The predicted molar refractivity (Wildman–Crippen MR) is 49.1 cm³/mol. The van der Waals surface area contributed by atoms with Crippen LogP contribution in [0.1, 0.15) is 13.8 Å². The molecule has 1 saturated carbocycles. The summed E-state index contributed by atoms with van der Waals surface area (Å²) in [5, 5.41) is 5.86. The van der Waals surface area contributed by atoms with Gasteiger partial charge in [-0.25, -0.2) is 0 Å². The second-order valence-corrected chi connectivity index (χ2v) is 3.83. The van der Waals surface area contributed by atoms with E-state index in [1.807, 2.05) is 0 Å². The molecule has 8 nitrogen and oxygen atoms in total. The number of carbonyl (C=O) groups is 2. The standard InChI is InChI=1S/C7H8N6O2/c1-7(2)3(5(14)10-12-8)4(7)6(15)11-13-9/h3-4H,1-2H3/t3-,4-/m0/s1. The molecule has 0 aromatic rings. The number of azide groups is 2. The summed E-state index contributed by atoms with van der Waals surface area (Å²) in [5.41, 5.74) is 15.6. The first-order valence-electron chi connectivity index (χ1n) is 4.14. The average molecular weight is 208 g/mol. The maximum atomic E-state index is 11.2.